The zero-order valence-corrected chi connectivity index (χ0v) is 11.1. The van der Waals surface area contributed by atoms with E-state index in [0.717, 1.165) is 12.3 Å². The van der Waals surface area contributed by atoms with Crippen LogP contribution in [0.2, 0.25) is 0 Å². The number of aromatic nitrogens is 1. The van der Waals surface area contributed by atoms with E-state index in [9.17, 15) is 9.18 Å². The molecule has 94 valence electrons. The number of hydrogen-bond acceptors (Lipinski definition) is 3. The summed E-state index contributed by atoms with van der Waals surface area (Å²) in [5, 5.41) is 11.4. The van der Waals surface area contributed by atoms with Crippen molar-refractivity contribution in [2.75, 3.05) is 5.32 Å². The maximum atomic E-state index is 12.7. The molecule has 6 heteroatoms. The zero-order valence-electron chi connectivity index (χ0n) is 9.52. The summed E-state index contributed by atoms with van der Waals surface area (Å²) in [6.07, 6.45) is 0.975. The molecule has 0 atom stereocenters. The van der Waals surface area contributed by atoms with Crippen LogP contribution in [-0.4, -0.2) is 10.9 Å². The van der Waals surface area contributed by atoms with E-state index in [1.54, 1.807) is 18.2 Å². The minimum Gasteiger partial charge on any atom is -0.320 e. The Balaban J connectivity index is 2.20. The van der Waals surface area contributed by atoms with Gasteiger partial charge in [0.25, 0.3) is 5.91 Å². The van der Waals surface area contributed by atoms with Crippen LogP contribution in [0.4, 0.5) is 10.1 Å². The van der Waals surface area contributed by atoms with Crippen LogP contribution in [0.15, 0.2) is 41.0 Å². The summed E-state index contributed by atoms with van der Waals surface area (Å²) in [6, 6.07) is 9.22. The van der Waals surface area contributed by atoms with Crippen LogP contribution in [0.25, 0.3) is 0 Å². The average Bonchev–Trinajstić information content (AvgIpc) is 2.41. The highest BCUT2D eigenvalue weighted by molar-refractivity contribution is 9.10. The van der Waals surface area contributed by atoms with E-state index in [-0.39, 0.29) is 5.69 Å². The number of carbonyl (C=O) groups excluding carboxylic acids is 1. The molecule has 0 aliphatic carbocycles. The van der Waals surface area contributed by atoms with Crippen molar-refractivity contribution in [1.82, 2.24) is 4.98 Å². The molecule has 2 aromatic rings. The van der Waals surface area contributed by atoms with Crippen LogP contribution in [0.5, 0.6) is 0 Å². The smallest absolute Gasteiger partial charge is 0.274 e. The molecule has 0 aliphatic rings. The third-order valence-electron chi connectivity index (χ3n) is 2.31. The number of carbonyl (C=O) groups is 1. The number of benzene rings is 1. The van der Waals surface area contributed by atoms with Gasteiger partial charge in [0.2, 0.25) is 0 Å². The van der Waals surface area contributed by atoms with Gasteiger partial charge in [-0.2, -0.15) is 5.26 Å². The second-order valence-corrected chi connectivity index (χ2v) is 4.48. The maximum Gasteiger partial charge on any atom is 0.274 e. The van der Waals surface area contributed by atoms with Crippen molar-refractivity contribution in [3.05, 3.63) is 58.1 Å². The number of halogens is 2. The van der Waals surface area contributed by atoms with Crippen molar-refractivity contribution >= 4 is 27.5 Å². The first-order valence-electron chi connectivity index (χ1n) is 5.22. The molecule has 0 aliphatic heterocycles. The monoisotopic (exact) mass is 319 g/mol. The first-order valence-corrected chi connectivity index (χ1v) is 6.02. The SMILES string of the molecule is N#Cc1ccc(NC(=O)c2ccc(F)cn2)c(Br)c1. The summed E-state index contributed by atoms with van der Waals surface area (Å²) in [6.45, 7) is 0. The Labute approximate surface area is 117 Å². The number of rotatable bonds is 2. The molecular weight excluding hydrogens is 313 g/mol. The number of hydrogen-bond donors (Lipinski definition) is 1. The van der Waals surface area contributed by atoms with Crippen molar-refractivity contribution < 1.29 is 9.18 Å². The molecule has 1 N–H and O–H groups in total. The number of pyridine rings is 1. The lowest BCUT2D eigenvalue weighted by Gasteiger charge is -2.07. The van der Waals surface area contributed by atoms with Gasteiger partial charge in [-0.1, -0.05) is 0 Å². The molecule has 1 heterocycles. The highest BCUT2D eigenvalue weighted by atomic mass is 79.9. The van der Waals surface area contributed by atoms with E-state index in [4.69, 9.17) is 5.26 Å². The summed E-state index contributed by atoms with van der Waals surface area (Å²) in [5.74, 6) is -0.957. The summed E-state index contributed by atoms with van der Waals surface area (Å²) in [4.78, 5) is 15.5. The van der Waals surface area contributed by atoms with Crippen molar-refractivity contribution in [1.29, 1.82) is 5.26 Å². The molecular formula is C13H7BrFN3O. The van der Waals surface area contributed by atoms with Gasteiger partial charge in [0.15, 0.2) is 0 Å². The number of anilines is 1. The molecule has 1 aromatic carbocycles. The van der Waals surface area contributed by atoms with Gasteiger partial charge in [-0.3, -0.25) is 4.79 Å². The van der Waals surface area contributed by atoms with Crippen LogP contribution in [0.3, 0.4) is 0 Å². The van der Waals surface area contributed by atoms with Crippen molar-refractivity contribution in [2.45, 2.75) is 0 Å². The first kappa shape index (κ1) is 13.2. The number of nitriles is 1. The predicted molar refractivity (Wildman–Crippen MR) is 71.0 cm³/mol. The third kappa shape index (κ3) is 3.14. The maximum absolute atomic E-state index is 12.7. The number of nitrogens with one attached hydrogen (secondary N) is 1. The van der Waals surface area contributed by atoms with Gasteiger partial charge >= 0.3 is 0 Å². The Kier molecular flexibility index (Phi) is 3.88. The quantitative estimate of drug-likeness (QED) is 0.924. The second kappa shape index (κ2) is 5.59. The van der Waals surface area contributed by atoms with E-state index < -0.39 is 11.7 Å². The largest absolute Gasteiger partial charge is 0.320 e. The topological polar surface area (TPSA) is 65.8 Å². The third-order valence-corrected chi connectivity index (χ3v) is 2.96. The molecule has 2 rings (SSSR count). The Morgan fingerprint density at radius 3 is 2.74 bits per heavy atom. The second-order valence-electron chi connectivity index (χ2n) is 3.62. The summed E-state index contributed by atoms with van der Waals surface area (Å²) < 4.78 is 13.3. The molecule has 0 radical (unpaired) electrons. The van der Waals surface area contributed by atoms with E-state index >= 15 is 0 Å². The molecule has 1 aromatic heterocycles. The number of nitrogens with zero attached hydrogens (tertiary/aromatic N) is 2. The van der Waals surface area contributed by atoms with Crippen LogP contribution in [-0.2, 0) is 0 Å². The van der Waals surface area contributed by atoms with Crippen LogP contribution in [0.1, 0.15) is 16.1 Å². The summed E-state index contributed by atoms with van der Waals surface area (Å²) in [5.41, 5.74) is 1.09. The molecule has 0 spiro atoms. The van der Waals surface area contributed by atoms with Crippen LogP contribution in [0, 0.1) is 17.1 Å². The van der Waals surface area contributed by atoms with Crippen molar-refractivity contribution in [3.63, 3.8) is 0 Å². The molecule has 19 heavy (non-hydrogen) atoms. The van der Waals surface area contributed by atoms with Gasteiger partial charge in [0, 0.05) is 4.47 Å². The molecule has 0 unspecified atom stereocenters. The Hall–Kier alpha value is -2.26. The fourth-order valence-corrected chi connectivity index (χ4v) is 1.86. The zero-order chi connectivity index (χ0) is 13.8. The van der Waals surface area contributed by atoms with Gasteiger partial charge in [0.05, 0.1) is 23.5 Å². The average molecular weight is 320 g/mol. The number of amides is 1. The minimum absolute atomic E-state index is 0.109. The van der Waals surface area contributed by atoms with Crippen molar-refractivity contribution in [3.8, 4) is 6.07 Å². The van der Waals surface area contributed by atoms with E-state index in [1.807, 2.05) is 6.07 Å². The lowest BCUT2D eigenvalue weighted by Crippen LogP contribution is -2.14. The van der Waals surface area contributed by atoms with Crippen LogP contribution >= 0.6 is 15.9 Å². The van der Waals surface area contributed by atoms with Gasteiger partial charge in [-0.15, -0.1) is 0 Å². The first-order chi connectivity index (χ1) is 9.10. The fraction of sp³-hybridized carbons (Fsp3) is 0. The van der Waals surface area contributed by atoms with E-state index in [2.05, 4.69) is 26.2 Å². The molecule has 4 nitrogen and oxygen atoms in total. The lowest BCUT2D eigenvalue weighted by atomic mass is 10.2. The summed E-state index contributed by atoms with van der Waals surface area (Å²) >= 11 is 3.25. The highest BCUT2D eigenvalue weighted by Gasteiger charge is 2.10. The van der Waals surface area contributed by atoms with Gasteiger partial charge in [-0.25, -0.2) is 9.37 Å². The fourth-order valence-electron chi connectivity index (χ4n) is 1.38. The standard InChI is InChI=1S/C13H7BrFN3O/c14-10-5-8(6-16)1-3-11(10)18-13(19)12-4-2-9(15)7-17-12/h1-5,7H,(H,18,19). The lowest BCUT2D eigenvalue weighted by molar-refractivity contribution is 0.102. The highest BCUT2D eigenvalue weighted by Crippen LogP contribution is 2.23. The Morgan fingerprint density at radius 1 is 1.37 bits per heavy atom. The molecule has 0 fully saturated rings. The molecule has 0 saturated carbocycles. The van der Waals surface area contributed by atoms with Crippen LogP contribution < -0.4 is 5.32 Å². The van der Waals surface area contributed by atoms with E-state index in [1.165, 1.54) is 6.07 Å². The van der Waals surface area contributed by atoms with Gasteiger partial charge < -0.3 is 5.32 Å². The molecule has 0 bridgehead atoms. The molecule has 0 saturated heterocycles. The Bertz CT molecular complexity index is 665. The molecule has 1 amide bonds. The Morgan fingerprint density at radius 2 is 2.16 bits per heavy atom. The van der Waals surface area contributed by atoms with Gasteiger partial charge in [0.1, 0.15) is 11.5 Å². The summed E-state index contributed by atoms with van der Waals surface area (Å²) in [7, 11) is 0. The minimum atomic E-state index is -0.504. The van der Waals surface area contributed by atoms with Crippen molar-refractivity contribution in [2.24, 2.45) is 0 Å². The predicted octanol–water partition coefficient (Wildman–Crippen LogP) is 3.11. The normalized spacial score (nSPS) is 9.74. The van der Waals surface area contributed by atoms with E-state index in [0.29, 0.717) is 15.7 Å². The van der Waals surface area contributed by atoms with Gasteiger partial charge in [-0.05, 0) is 46.3 Å².